The van der Waals surface area contributed by atoms with Crippen LogP contribution in [0.25, 0.3) is 17.1 Å². The van der Waals surface area contributed by atoms with Gasteiger partial charge in [-0.15, -0.1) is 5.10 Å². The largest absolute Gasteiger partial charge is 0.357 e. The van der Waals surface area contributed by atoms with Gasteiger partial charge in [-0.1, -0.05) is 72.8 Å². The number of nitrogens with zero attached hydrogens (tertiary/aromatic N) is 5. The number of benzene rings is 2. The van der Waals surface area contributed by atoms with Crippen LogP contribution in [0.15, 0.2) is 65.9 Å². The van der Waals surface area contributed by atoms with Crippen molar-refractivity contribution in [1.82, 2.24) is 25.6 Å². The lowest BCUT2D eigenvalue weighted by Crippen LogP contribution is -2.39. The Morgan fingerprint density at radius 1 is 1.20 bits per heavy atom. The number of aromatic nitrogens is 3. The van der Waals surface area contributed by atoms with Crippen LogP contribution < -0.4 is 15.8 Å². The van der Waals surface area contributed by atoms with Crippen molar-refractivity contribution in [2.24, 2.45) is 4.99 Å². The number of aliphatic imine (C=N–C) groups is 1. The highest BCUT2D eigenvalue weighted by Crippen LogP contribution is 2.36. The van der Waals surface area contributed by atoms with E-state index in [9.17, 15) is 9.59 Å². The van der Waals surface area contributed by atoms with Crippen molar-refractivity contribution in [2.45, 2.75) is 47.1 Å². The second kappa shape index (κ2) is 13.1. The highest BCUT2D eigenvalue weighted by Gasteiger charge is 2.33. The molecule has 0 radical (unpaired) electrons. The molecule has 2 heterocycles. The van der Waals surface area contributed by atoms with E-state index in [0.29, 0.717) is 28.1 Å². The van der Waals surface area contributed by atoms with E-state index >= 15 is 0 Å². The lowest BCUT2D eigenvalue weighted by Gasteiger charge is -2.21. The van der Waals surface area contributed by atoms with Gasteiger partial charge in [-0.2, -0.15) is 4.99 Å². The molecule has 1 aliphatic rings. The molecule has 1 aromatic heterocycles. The average Bonchev–Trinajstić information content (AvgIpc) is 3.58. The maximum absolute atomic E-state index is 12.8. The third kappa shape index (κ3) is 6.35. The van der Waals surface area contributed by atoms with Gasteiger partial charge in [0.2, 0.25) is 5.91 Å². The first-order chi connectivity index (χ1) is 19.3. The fourth-order valence-corrected chi connectivity index (χ4v) is 5.39. The Morgan fingerprint density at radius 2 is 1.95 bits per heavy atom. The van der Waals surface area contributed by atoms with Gasteiger partial charge in [0.05, 0.1) is 28.2 Å². The molecule has 208 valence electrons. The number of anilines is 1. The molecule has 0 saturated carbocycles. The molecule has 40 heavy (non-hydrogen) atoms. The number of nitrogens with one attached hydrogen (secondary N) is 2. The number of thioether (sulfide) groups is 1. The van der Waals surface area contributed by atoms with Crippen LogP contribution >= 0.6 is 23.4 Å². The predicted octanol–water partition coefficient (Wildman–Crippen LogP) is 6.45. The van der Waals surface area contributed by atoms with Crippen LogP contribution in [0.5, 0.6) is 0 Å². The third-order valence-corrected chi connectivity index (χ3v) is 7.79. The van der Waals surface area contributed by atoms with Gasteiger partial charge < -0.3 is 0 Å². The summed E-state index contributed by atoms with van der Waals surface area (Å²) < 4.78 is 1.74. The molecule has 11 heteroatoms. The average molecular weight is 578 g/mol. The maximum Gasteiger partial charge on any atom is 0.357 e. The van der Waals surface area contributed by atoms with E-state index in [2.05, 4.69) is 25.9 Å². The normalized spacial score (nSPS) is 15.8. The van der Waals surface area contributed by atoms with E-state index in [4.69, 9.17) is 11.6 Å². The topological polar surface area (TPSA) is 105 Å². The Bertz CT molecular complexity index is 1490. The minimum absolute atomic E-state index is 0.157. The molecule has 1 fully saturated rings. The molecule has 0 spiro atoms. The predicted molar refractivity (Wildman–Crippen MR) is 163 cm³/mol. The number of urea groups is 1. The van der Waals surface area contributed by atoms with Gasteiger partial charge in [-0.25, -0.2) is 19.9 Å². The standard InChI is InChI=1S/C29H32ClN7O2S/c1-6-9-22(7-2)36-17-31-27(35-36)21-13-11-20(12-14-21)24(8-3)33-34-28(39)32-29-37(25(38)16-40-29)26-19(5)18(4)10-15-23(26)30/h6-7,9-15,17,24,33H,8,16H2,1-5H3,(H,34,39)/b9-6-,22-7+,32-29-. The molecular formula is C29H32ClN7O2S. The van der Waals surface area contributed by atoms with E-state index < -0.39 is 6.03 Å². The van der Waals surface area contributed by atoms with Crippen LogP contribution in [0.1, 0.15) is 49.9 Å². The molecule has 1 unspecified atom stereocenters. The molecule has 3 amide bonds. The number of amides is 3. The van der Waals surface area contributed by atoms with Crippen molar-refractivity contribution < 1.29 is 9.59 Å². The fourth-order valence-electron chi connectivity index (χ4n) is 4.25. The van der Waals surface area contributed by atoms with Crippen molar-refractivity contribution in [1.29, 1.82) is 0 Å². The molecule has 4 rings (SSSR count). The van der Waals surface area contributed by atoms with Gasteiger partial charge in [-0.05, 0) is 62.9 Å². The smallest absolute Gasteiger partial charge is 0.273 e. The third-order valence-electron chi connectivity index (χ3n) is 6.56. The summed E-state index contributed by atoms with van der Waals surface area (Å²) in [4.78, 5) is 35.5. The van der Waals surface area contributed by atoms with E-state index in [-0.39, 0.29) is 17.7 Å². The zero-order valence-electron chi connectivity index (χ0n) is 23.1. The number of aryl methyl sites for hydroxylation is 1. The Morgan fingerprint density at radius 3 is 2.62 bits per heavy atom. The maximum atomic E-state index is 12.8. The minimum Gasteiger partial charge on any atom is -0.273 e. The Balaban J connectivity index is 1.44. The highest BCUT2D eigenvalue weighted by molar-refractivity contribution is 8.15. The van der Waals surface area contributed by atoms with Gasteiger partial charge in [0.15, 0.2) is 11.0 Å². The number of carbonyl (C=O) groups excluding carboxylic acids is 2. The summed E-state index contributed by atoms with van der Waals surface area (Å²) in [5.74, 6) is 0.637. The van der Waals surface area contributed by atoms with Crippen LogP contribution in [0.4, 0.5) is 10.5 Å². The number of carbonyl (C=O) groups is 2. The van der Waals surface area contributed by atoms with Crippen LogP contribution in [-0.4, -0.2) is 37.6 Å². The molecule has 1 saturated heterocycles. The van der Waals surface area contributed by atoms with Crippen LogP contribution in [0.2, 0.25) is 5.02 Å². The van der Waals surface area contributed by atoms with Crippen LogP contribution in [0, 0.1) is 13.8 Å². The lowest BCUT2D eigenvalue weighted by molar-refractivity contribution is -0.115. The minimum atomic E-state index is -0.602. The highest BCUT2D eigenvalue weighted by atomic mass is 35.5. The van der Waals surface area contributed by atoms with Crippen molar-refractivity contribution in [3.63, 3.8) is 0 Å². The van der Waals surface area contributed by atoms with Crippen molar-refractivity contribution in [3.05, 3.63) is 82.7 Å². The summed E-state index contributed by atoms with van der Waals surface area (Å²) in [6.45, 7) is 9.77. The summed E-state index contributed by atoms with van der Waals surface area (Å²) >= 11 is 7.64. The quantitative estimate of drug-likeness (QED) is 0.235. The lowest BCUT2D eigenvalue weighted by atomic mass is 10.0. The van der Waals surface area contributed by atoms with Crippen molar-refractivity contribution >= 4 is 51.9 Å². The second-order valence-corrected chi connectivity index (χ2v) is 10.5. The Kier molecular flexibility index (Phi) is 9.57. The monoisotopic (exact) mass is 577 g/mol. The van der Waals surface area contributed by atoms with Gasteiger partial charge in [-0.3, -0.25) is 15.1 Å². The molecule has 0 bridgehead atoms. The number of hydrogen-bond donors (Lipinski definition) is 2. The first-order valence-electron chi connectivity index (χ1n) is 12.9. The number of rotatable bonds is 8. The Labute approximate surface area is 243 Å². The molecule has 1 atom stereocenters. The zero-order chi connectivity index (χ0) is 28.8. The summed E-state index contributed by atoms with van der Waals surface area (Å²) in [6, 6.07) is 10.8. The van der Waals surface area contributed by atoms with Crippen LogP contribution in [-0.2, 0) is 4.79 Å². The van der Waals surface area contributed by atoms with Crippen molar-refractivity contribution in [3.8, 4) is 11.4 Å². The number of amidine groups is 1. The Hall–Kier alpha value is -3.73. The van der Waals surface area contributed by atoms with Gasteiger partial charge in [0.1, 0.15) is 6.33 Å². The summed E-state index contributed by atoms with van der Waals surface area (Å²) in [7, 11) is 0. The molecule has 2 aromatic carbocycles. The first kappa shape index (κ1) is 29.3. The van der Waals surface area contributed by atoms with E-state index in [1.807, 2.05) is 83.2 Å². The number of allylic oxidation sites excluding steroid dienone is 4. The molecule has 1 aliphatic heterocycles. The SMILES string of the molecule is C/C=C\C(=C/C)n1cnc(-c2ccc(C(CC)NNC(=O)/N=C3\SCC(=O)N3c3c(Cl)ccc(C)c3C)cc2)n1. The first-order valence-corrected chi connectivity index (χ1v) is 14.3. The fraction of sp³-hybridized carbons (Fsp3) is 0.276. The molecule has 2 N–H and O–H groups in total. The molecule has 0 aliphatic carbocycles. The second-order valence-electron chi connectivity index (χ2n) is 9.13. The molecule has 9 nitrogen and oxygen atoms in total. The molecule has 3 aromatic rings. The van der Waals surface area contributed by atoms with Gasteiger partial charge in [0.25, 0.3) is 0 Å². The van der Waals surface area contributed by atoms with E-state index in [1.165, 1.54) is 16.7 Å². The number of hydrogen-bond acceptors (Lipinski definition) is 6. The number of hydrazine groups is 1. The molecular weight excluding hydrogens is 546 g/mol. The van der Waals surface area contributed by atoms with Crippen LogP contribution in [0.3, 0.4) is 0 Å². The van der Waals surface area contributed by atoms with E-state index in [0.717, 1.165) is 28.0 Å². The van der Waals surface area contributed by atoms with Gasteiger partial charge in [0, 0.05) is 5.56 Å². The van der Waals surface area contributed by atoms with E-state index in [1.54, 1.807) is 17.1 Å². The van der Waals surface area contributed by atoms with Gasteiger partial charge >= 0.3 is 6.03 Å². The van der Waals surface area contributed by atoms with Crippen molar-refractivity contribution in [2.75, 3.05) is 10.7 Å². The summed E-state index contributed by atoms with van der Waals surface area (Å²) in [5, 5.41) is 5.31. The summed E-state index contributed by atoms with van der Waals surface area (Å²) in [5.41, 5.74) is 11.0. The number of halogens is 1. The summed E-state index contributed by atoms with van der Waals surface area (Å²) in [6.07, 6.45) is 8.30. The zero-order valence-corrected chi connectivity index (χ0v) is 24.7.